The summed E-state index contributed by atoms with van der Waals surface area (Å²) in [5.74, 6) is 0.984. The Kier molecular flexibility index (Phi) is 5.98. The first kappa shape index (κ1) is 19.3. The molecule has 0 aromatic heterocycles. The number of hydrogen-bond donors (Lipinski definition) is 1. The van der Waals surface area contributed by atoms with Crippen LogP contribution in [0, 0.1) is 0 Å². The highest BCUT2D eigenvalue weighted by Gasteiger charge is 2.14. The summed E-state index contributed by atoms with van der Waals surface area (Å²) in [4.78, 5) is 15.0. The number of amides is 1. The number of para-hydroxylation sites is 1. The summed E-state index contributed by atoms with van der Waals surface area (Å²) in [5, 5.41) is 3.42. The number of rotatable bonds is 5. The molecule has 4 rings (SSSR count). The average Bonchev–Trinajstić information content (AvgIpc) is 2.77. The summed E-state index contributed by atoms with van der Waals surface area (Å²) in [7, 11) is 0. The maximum atomic E-state index is 12.8. The Bertz CT molecular complexity index is 971. The molecular weight excluding hydrogens is 388 g/mol. The van der Waals surface area contributed by atoms with Gasteiger partial charge in [-0.25, -0.2) is 0 Å². The second kappa shape index (κ2) is 8.99. The van der Waals surface area contributed by atoms with Crippen molar-refractivity contribution in [3.05, 3.63) is 83.4 Å². The normalized spacial score (nSPS) is 13.8. The lowest BCUT2D eigenvalue weighted by Crippen LogP contribution is -2.36. The third-order valence-corrected chi connectivity index (χ3v) is 4.90. The van der Waals surface area contributed by atoms with Crippen LogP contribution in [-0.4, -0.2) is 32.2 Å². The number of carbonyl (C=O) groups is 1. The van der Waals surface area contributed by atoms with Gasteiger partial charge in [-0.3, -0.25) is 4.79 Å². The van der Waals surface area contributed by atoms with Crippen molar-refractivity contribution < 1.29 is 14.3 Å². The monoisotopic (exact) mass is 408 g/mol. The van der Waals surface area contributed by atoms with Crippen molar-refractivity contribution in [3.8, 4) is 11.5 Å². The van der Waals surface area contributed by atoms with E-state index in [1.807, 2.05) is 54.6 Å². The molecule has 5 nitrogen and oxygen atoms in total. The fourth-order valence-corrected chi connectivity index (χ4v) is 3.32. The molecular formula is C23H21ClN2O3. The van der Waals surface area contributed by atoms with Crippen molar-refractivity contribution >= 4 is 28.9 Å². The zero-order chi connectivity index (χ0) is 20.1. The lowest BCUT2D eigenvalue weighted by atomic mass is 10.1. The zero-order valence-corrected chi connectivity index (χ0v) is 16.6. The van der Waals surface area contributed by atoms with E-state index in [0.29, 0.717) is 27.8 Å². The minimum Gasteiger partial charge on any atom is -0.455 e. The Morgan fingerprint density at radius 1 is 0.966 bits per heavy atom. The third-order valence-electron chi connectivity index (χ3n) is 4.67. The lowest BCUT2D eigenvalue weighted by Gasteiger charge is -2.28. The third kappa shape index (κ3) is 4.88. The molecule has 3 aromatic rings. The molecule has 148 valence electrons. The minimum absolute atomic E-state index is 0.223. The van der Waals surface area contributed by atoms with Gasteiger partial charge in [-0.2, -0.15) is 0 Å². The second-order valence-electron chi connectivity index (χ2n) is 6.66. The number of benzene rings is 3. The molecule has 0 radical (unpaired) electrons. The molecule has 1 saturated heterocycles. The second-order valence-corrected chi connectivity index (χ2v) is 7.09. The van der Waals surface area contributed by atoms with Crippen LogP contribution in [0.1, 0.15) is 10.4 Å². The van der Waals surface area contributed by atoms with Crippen LogP contribution in [0.5, 0.6) is 11.5 Å². The lowest BCUT2D eigenvalue weighted by molar-refractivity contribution is 0.102. The molecule has 0 spiro atoms. The van der Waals surface area contributed by atoms with Crippen LogP contribution in [0.15, 0.2) is 72.8 Å². The van der Waals surface area contributed by atoms with E-state index < -0.39 is 0 Å². The topological polar surface area (TPSA) is 50.8 Å². The van der Waals surface area contributed by atoms with Gasteiger partial charge < -0.3 is 19.7 Å². The SMILES string of the molecule is O=C(Nc1cc(Cl)ccc1Oc1ccccc1)c1ccc(N2CCOCC2)cc1. The van der Waals surface area contributed by atoms with E-state index in [0.717, 1.165) is 32.0 Å². The minimum atomic E-state index is -0.223. The van der Waals surface area contributed by atoms with Gasteiger partial charge in [-0.1, -0.05) is 29.8 Å². The number of carbonyl (C=O) groups excluding carboxylic acids is 1. The van der Waals surface area contributed by atoms with E-state index in [1.165, 1.54) is 0 Å². The van der Waals surface area contributed by atoms with Gasteiger partial charge in [0.05, 0.1) is 18.9 Å². The summed E-state index contributed by atoms with van der Waals surface area (Å²) in [6, 6.07) is 22.1. The summed E-state index contributed by atoms with van der Waals surface area (Å²) in [5.41, 5.74) is 2.16. The first-order chi connectivity index (χ1) is 14.2. The fraction of sp³-hybridized carbons (Fsp3) is 0.174. The number of nitrogens with one attached hydrogen (secondary N) is 1. The van der Waals surface area contributed by atoms with Gasteiger partial charge in [0.1, 0.15) is 5.75 Å². The molecule has 1 fully saturated rings. The van der Waals surface area contributed by atoms with E-state index >= 15 is 0 Å². The smallest absolute Gasteiger partial charge is 0.255 e. The van der Waals surface area contributed by atoms with E-state index in [9.17, 15) is 4.79 Å². The number of halogens is 1. The highest BCUT2D eigenvalue weighted by atomic mass is 35.5. The van der Waals surface area contributed by atoms with Crippen molar-refractivity contribution in [2.24, 2.45) is 0 Å². The molecule has 1 amide bonds. The van der Waals surface area contributed by atoms with Crippen LogP contribution >= 0.6 is 11.6 Å². The molecule has 0 bridgehead atoms. The van der Waals surface area contributed by atoms with Crippen LogP contribution in [0.3, 0.4) is 0 Å². The van der Waals surface area contributed by atoms with Gasteiger partial charge in [-0.05, 0) is 54.6 Å². The summed E-state index contributed by atoms with van der Waals surface area (Å²) < 4.78 is 11.3. The first-order valence-electron chi connectivity index (χ1n) is 9.45. The van der Waals surface area contributed by atoms with Crippen LogP contribution in [0.2, 0.25) is 5.02 Å². The van der Waals surface area contributed by atoms with Crippen LogP contribution in [-0.2, 0) is 4.74 Å². The predicted molar refractivity (Wildman–Crippen MR) is 115 cm³/mol. The maximum absolute atomic E-state index is 12.8. The van der Waals surface area contributed by atoms with Gasteiger partial charge >= 0.3 is 0 Å². The summed E-state index contributed by atoms with van der Waals surface area (Å²) in [6.07, 6.45) is 0. The van der Waals surface area contributed by atoms with E-state index in [2.05, 4.69) is 10.2 Å². The van der Waals surface area contributed by atoms with Crippen LogP contribution < -0.4 is 15.0 Å². The van der Waals surface area contributed by atoms with Crippen molar-refractivity contribution in [2.75, 3.05) is 36.5 Å². The summed E-state index contributed by atoms with van der Waals surface area (Å²) in [6.45, 7) is 3.16. The molecule has 0 aliphatic carbocycles. The van der Waals surface area contributed by atoms with Crippen molar-refractivity contribution in [1.82, 2.24) is 0 Å². The average molecular weight is 409 g/mol. The fourth-order valence-electron chi connectivity index (χ4n) is 3.14. The first-order valence-corrected chi connectivity index (χ1v) is 9.83. The Hall–Kier alpha value is -3.02. The Morgan fingerprint density at radius 3 is 2.41 bits per heavy atom. The van der Waals surface area contributed by atoms with E-state index in [1.54, 1.807) is 18.2 Å². The quantitative estimate of drug-likeness (QED) is 0.628. The van der Waals surface area contributed by atoms with Crippen molar-refractivity contribution in [1.29, 1.82) is 0 Å². The molecule has 0 unspecified atom stereocenters. The number of hydrogen-bond acceptors (Lipinski definition) is 4. The molecule has 3 aromatic carbocycles. The predicted octanol–water partition coefficient (Wildman–Crippen LogP) is 5.22. The molecule has 1 heterocycles. The Morgan fingerprint density at radius 2 is 1.69 bits per heavy atom. The van der Waals surface area contributed by atoms with E-state index in [-0.39, 0.29) is 5.91 Å². The number of anilines is 2. The summed E-state index contributed by atoms with van der Waals surface area (Å²) >= 11 is 6.13. The molecule has 1 aliphatic heterocycles. The van der Waals surface area contributed by atoms with Crippen molar-refractivity contribution in [2.45, 2.75) is 0 Å². The largest absolute Gasteiger partial charge is 0.455 e. The molecule has 1 N–H and O–H groups in total. The van der Waals surface area contributed by atoms with Gasteiger partial charge in [0.25, 0.3) is 5.91 Å². The Labute approximate surface area is 174 Å². The van der Waals surface area contributed by atoms with Crippen molar-refractivity contribution in [3.63, 3.8) is 0 Å². The highest BCUT2D eigenvalue weighted by Crippen LogP contribution is 2.32. The van der Waals surface area contributed by atoms with Gasteiger partial charge in [0.2, 0.25) is 0 Å². The Balaban J connectivity index is 1.49. The molecule has 29 heavy (non-hydrogen) atoms. The number of morpholine rings is 1. The zero-order valence-electron chi connectivity index (χ0n) is 15.8. The molecule has 0 atom stereocenters. The van der Waals surface area contributed by atoms with Gasteiger partial charge in [0, 0.05) is 29.4 Å². The molecule has 0 saturated carbocycles. The van der Waals surface area contributed by atoms with E-state index in [4.69, 9.17) is 21.1 Å². The maximum Gasteiger partial charge on any atom is 0.255 e. The highest BCUT2D eigenvalue weighted by molar-refractivity contribution is 6.31. The standard InChI is InChI=1S/C23H21ClN2O3/c24-18-8-11-22(29-20-4-2-1-3-5-20)21(16-18)25-23(27)17-6-9-19(10-7-17)26-12-14-28-15-13-26/h1-11,16H,12-15H2,(H,25,27). The molecule has 1 aliphatic rings. The number of ether oxygens (including phenoxy) is 2. The molecule has 6 heteroatoms. The van der Waals surface area contributed by atoms with Crippen LogP contribution in [0.4, 0.5) is 11.4 Å². The number of nitrogens with zero attached hydrogens (tertiary/aromatic N) is 1. The van der Waals surface area contributed by atoms with Crippen LogP contribution in [0.25, 0.3) is 0 Å². The van der Waals surface area contributed by atoms with Gasteiger partial charge in [0.15, 0.2) is 5.75 Å². The van der Waals surface area contributed by atoms with Gasteiger partial charge in [-0.15, -0.1) is 0 Å².